The van der Waals surface area contributed by atoms with E-state index in [1.165, 1.54) is 41.5 Å². The van der Waals surface area contributed by atoms with Crippen LogP contribution in [0.3, 0.4) is 0 Å². The number of rotatable bonds is 6. The highest BCUT2D eigenvalue weighted by Gasteiger charge is 2.12. The molecule has 3 heteroatoms. The maximum absolute atomic E-state index is 5.95. The van der Waals surface area contributed by atoms with Crippen molar-refractivity contribution in [1.82, 2.24) is 5.32 Å². The van der Waals surface area contributed by atoms with Gasteiger partial charge in [-0.25, -0.2) is 0 Å². The predicted octanol–water partition coefficient (Wildman–Crippen LogP) is 5.53. The molecule has 1 aliphatic rings. The number of piperidine rings is 1. The first-order chi connectivity index (χ1) is 12.9. The Morgan fingerprint density at radius 2 is 1.65 bits per heavy atom. The summed E-state index contributed by atoms with van der Waals surface area (Å²) in [4.78, 5) is 0. The lowest BCUT2D eigenvalue weighted by Crippen LogP contribution is -2.38. The summed E-state index contributed by atoms with van der Waals surface area (Å²) in [5.74, 6) is 0.967. The Hall–Kier alpha value is -2.10. The molecule has 26 heavy (non-hydrogen) atoms. The number of thiophene rings is 1. The summed E-state index contributed by atoms with van der Waals surface area (Å²) in [6.07, 6.45) is 4.78. The Kier molecular flexibility index (Phi) is 5.68. The molecule has 2 aromatic carbocycles. The van der Waals surface area contributed by atoms with Crippen molar-refractivity contribution in [1.29, 1.82) is 0 Å². The van der Waals surface area contributed by atoms with Crippen LogP contribution in [0.4, 0.5) is 0 Å². The number of benzene rings is 2. The van der Waals surface area contributed by atoms with Crippen molar-refractivity contribution in [2.75, 3.05) is 13.2 Å². The van der Waals surface area contributed by atoms with Gasteiger partial charge in [0, 0.05) is 6.04 Å². The standard InChI is InChI=1S/C23H25NOS/c1-2-13-24-22(3-1)16-25-23-10-6-19(7-11-23)15-18-4-8-20(9-5-18)21-12-14-26-17-21/h4-12,14,17,22,24H,1-3,13,15-16H2/t22-/m1/s1. The van der Waals surface area contributed by atoms with Crippen LogP contribution < -0.4 is 10.1 Å². The fraction of sp³-hybridized carbons (Fsp3) is 0.304. The first kappa shape index (κ1) is 17.3. The SMILES string of the molecule is c1cc(-c2ccc(Cc3ccc(OC[C@H]4CCCCN4)cc3)cc2)cs1. The van der Waals surface area contributed by atoms with Gasteiger partial charge in [0.1, 0.15) is 12.4 Å². The summed E-state index contributed by atoms with van der Waals surface area (Å²) in [5, 5.41) is 7.84. The second-order valence-electron chi connectivity index (χ2n) is 6.99. The second kappa shape index (κ2) is 8.52. The molecular weight excluding hydrogens is 338 g/mol. The van der Waals surface area contributed by atoms with Crippen LogP contribution in [0.2, 0.25) is 0 Å². The van der Waals surface area contributed by atoms with Gasteiger partial charge >= 0.3 is 0 Å². The van der Waals surface area contributed by atoms with Crippen molar-refractivity contribution >= 4 is 11.3 Å². The Labute approximate surface area is 159 Å². The van der Waals surface area contributed by atoms with Crippen LogP contribution in [0.1, 0.15) is 30.4 Å². The van der Waals surface area contributed by atoms with E-state index in [4.69, 9.17) is 4.74 Å². The molecule has 134 valence electrons. The first-order valence-electron chi connectivity index (χ1n) is 9.43. The topological polar surface area (TPSA) is 21.3 Å². The zero-order valence-corrected chi connectivity index (χ0v) is 15.8. The lowest BCUT2D eigenvalue weighted by atomic mass is 10.0. The van der Waals surface area contributed by atoms with Crippen LogP contribution in [0, 0.1) is 0 Å². The van der Waals surface area contributed by atoms with Gasteiger partial charge in [0.05, 0.1) is 0 Å². The summed E-state index contributed by atoms with van der Waals surface area (Å²) in [6.45, 7) is 1.89. The zero-order valence-electron chi connectivity index (χ0n) is 15.0. The molecule has 1 aromatic heterocycles. The average molecular weight is 364 g/mol. The van der Waals surface area contributed by atoms with Crippen molar-refractivity contribution in [3.05, 3.63) is 76.5 Å². The van der Waals surface area contributed by atoms with Gasteiger partial charge in [-0.15, -0.1) is 0 Å². The summed E-state index contributed by atoms with van der Waals surface area (Å²) < 4.78 is 5.95. The van der Waals surface area contributed by atoms with E-state index in [0.717, 1.165) is 25.3 Å². The molecule has 1 fully saturated rings. The molecule has 2 nitrogen and oxygen atoms in total. The normalized spacial score (nSPS) is 17.2. The van der Waals surface area contributed by atoms with Crippen molar-refractivity contribution in [3.63, 3.8) is 0 Å². The van der Waals surface area contributed by atoms with E-state index < -0.39 is 0 Å². The third kappa shape index (κ3) is 4.54. The second-order valence-corrected chi connectivity index (χ2v) is 7.77. The maximum Gasteiger partial charge on any atom is 0.119 e. The molecule has 1 saturated heterocycles. The predicted molar refractivity (Wildman–Crippen MR) is 110 cm³/mol. The van der Waals surface area contributed by atoms with Crippen molar-refractivity contribution in [2.24, 2.45) is 0 Å². The van der Waals surface area contributed by atoms with Crippen LogP contribution in [0.25, 0.3) is 11.1 Å². The smallest absolute Gasteiger partial charge is 0.119 e. The van der Waals surface area contributed by atoms with E-state index in [1.807, 2.05) is 0 Å². The van der Waals surface area contributed by atoms with Gasteiger partial charge in [0.25, 0.3) is 0 Å². The van der Waals surface area contributed by atoms with Gasteiger partial charge in [-0.3, -0.25) is 0 Å². The zero-order chi connectivity index (χ0) is 17.6. The van der Waals surface area contributed by atoms with E-state index in [9.17, 15) is 0 Å². The number of hydrogen-bond donors (Lipinski definition) is 1. The molecule has 0 bridgehead atoms. The summed E-state index contributed by atoms with van der Waals surface area (Å²) >= 11 is 1.74. The Balaban J connectivity index is 1.32. The first-order valence-corrected chi connectivity index (χ1v) is 10.4. The van der Waals surface area contributed by atoms with Crippen molar-refractivity contribution < 1.29 is 4.74 Å². The molecule has 1 N–H and O–H groups in total. The van der Waals surface area contributed by atoms with Crippen molar-refractivity contribution in [2.45, 2.75) is 31.7 Å². The van der Waals surface area contributed by atoms with Crippen LogP contribution in [-0.4, -0.2) is 19.2 Å². The van der Waals surface area contributed by atoms with Gasteiger partial charge in [-0.05, 0) is 77.0 Å². The van der Waals surface area contributed by atoms with E-state index in [0.29, 0.717) is 6.04 Å². The van der Waals surface area contributed by atoms with E-state index >= 15 is 0 Å². The number of ether oxygens (including phenoxy) is 1. The molecule has 0 aliphatic carbocycles. The van der Waals surface area contributed by atoms with E-state index in [-0.39, 0.29) is 0 Å². The minimum absolute atomic E-state index is 0.505. The molecule has 0 unspecified atom stereocenters. The monoisotopic (exact) mass is 363 g/mol. The number of hydrogen-bond acceptors (Lipinski definition) is 3. The van der Waals surface area contributed by atoms with Gasteiger partial charge in [0.2, 0.25) is 0 Å². The molecule has 0 radical (unpaired) electrons. The van der Waals surface area contributed by atoms with Gasteiger partial charge < -0.3 is 10.1 Å². The van der Waals surface area contributed by atoms with Gasteiger partial charge in [0.15, 0.2) is 0 Å². The molecular formula is C23H25NOS. The molecule has 1 aliphatic heterocycles. The van der Waals surface area contributed by atoms with Gasteiger partial charge in [-0.1, -0.05) is 42.8 Å². The Morgan fingerprint density at radius 3 is 2.31 bits per heavy atom. The maximum atomic E-state index is 5.95. The van der Waals surface area contributed by atoms with Crippen molar-refractivity contribution in [3.8, 4) is 16.9 Å². The third-order valence-electron chi connectivity index (χ3n) is 5.00. The molecule has 0 amide bonds. The summed E-state index contributed by atoms with van der Waals surface area (Å²) in [5.41, 5.74) is 5.24. The largest absolute Gasteiger partial charge is 0.492 e. The molecule has 2 heterocycles. The quantitative estimate of drug-likeness (QED) is 0.622. The van der Waals surface area contributed by atoms with Crippen LogP contribution >= 0.6 is 11.3 Å². The highest BCUT2D eigenvalue weighted by Crippen LogP contribution is 2.23. The third-order valence-corrected chi connectivity index (χ3v) is 5.69. The lowest BCUT2D eigenvalue weighted by molar-refractivity contribution is 0.239. The molecule has 0 saturated carbocycles. The highest BCUT2D eigenvalue weighted by atomic mass is 32.1. The molecule has 4 rings (SSSR count). The lowest BCUT2D eigenvalue weighted by Gasteiger charge is -2.23. The summed E-state index contributed by atoms with van der Waals surface area (Å²) in [6, 6.07) is 20.1. The highest BCUT2D eigenvalue weighted by molar-refractivity contribution is 7.08. The van der Waals surface area contributed by atoms with Crippen LogP contribution in [-0.2, 0) is 6.42 Å². The van der Waals surface area contributed by atoms with E-state index in [1.54, 1.807) is 11.3 Å². The average Bonchev–Trinajstić information content (AvgIpc) is 3.24. The Bertz CT molecular complexity index is 787. The molecule has 0 spiro atoms. The van der Waals surface area contributed by atoms with Crippen LogP contribution in [0.15, 0.2) is 65.4 Å². The molecule has 3 aromatic rings. The summed E-state index contributed by atoms with van der Waals surface area (Å²) in [7, 11) is 0. The fourth-order valence-corrected chi connectivity index (χ4v) is 4.11. The molecule has 1 atom stereocenters. The minimum Gasteiger partial charge on any atom is -0.492 e. The minimum atomic E-state index is 0.505. The van der Waals surface area contributed by atoms with Crippen LogP contribution in [0.5, 0.6) is 5.75 Å². The number of nitrogens with one attached hydrogen (secondary N) is 1. The Morgan fingerprint density at radius 1 is 0.885 bits per heavy atom. The van der Waals surface area contributed by atoms with Gasteiger partial charge in [-0.2, -0.15) is 11.3 Å². The van der Waals surface area contributed by atoms with E-state index in [2.05, 4.69) is 70.7 Å². The fourth-order valence-electron chi connectivity index (χ4n) is 3.45.